The van der Waals surface area contributed by atoms with Crippen molar-refractivity contribution in [2.75, 3.05) is 26.2 Å². The van der Waals surface area contributed by atoms with Gasteiger partial charge in [-0.25, -0.2) is 0 Å². The molecule has 0 radical (unpaired) electrons. The molecule has 2 rings (SSSR count). The highest BCUT2D eigenvalue weighted by molar-refractivity contribution is 5.04. The van der Waals surface area contributed by atoms with Crippen molar-refractivity contribution in [2.24, 2.45) is 7.05 Å². The van der Waals surface area contributed by atoms with Gasteiger partial charge in [-0.3, -0.25) is 9.58 Å². The van der Waals surface area contributed by atoms with Crippen molar-refractivity contribution in [3.8, 4) is 0 Å². The molecule has 1 aliphatic rings. The summed E-state index contributed by atoms with van der Waals surface area (Å²) in [6.07, 6.45) is 6.49. The van der Waals surface area contributed by atoms with E-state index in [4.69, 9.17) is 0 Å². The number of aryl methyl sites for hydroxylation is 1. The number of nitrogens with one attached hydrogen (secondary N) is 1. The summed E-state index contributed by atoms with van der Waals surface area (Å²) in [5.74, 6) is 0. The number of aromatic nitrogens is 2. The summed E-state index contributed by atoms with van der Waals surface area (Å²) in [5, 5.41) is 7.64. The molecule has 1 atom stereocenters. The average molecular weight is 222 g/mol. The topological polar surface area (TPSA) is 33.1 Å². The molecule has 1 aromatic heterocycles. The van der Waals surface area contributed by atoms with Gasteiger partial charge in [-0.1, -0.05) is 6.92 Å². The zero-order chi connectivity index (χ0) is 11.4. The molecule has 4 heteroatoms. The molecule has 90 valence electrons. The van der Waals surface area contributed by atoms with E-state index in [1.807, 2.05) is 17.9 Å². The minimum absolute atomic E-state index is 0.738. The van der Waals surface area contributed by atoms with E-state index in [9.17, 15) is 0 Å². The van der Waals surface area contributed by atoms with Crippen molar-refractivity contribution < 1.29 is 0 Å². The second kappa shape index (κ2) is 5.46. The van der Waals surface area contributed by atoms with Gasteiger partial charge in [0, 0.05) is 32.4 Å². The van der Waals surface area contributed by atoms with E-state index in [-0.39, 0.29) is 0 Å². The maximum atomic E-state index is 4.20. The lowest BCUT2D eigenvalue weighted by Gasteiger charge is -2.26. The van der Waals surface area contributed by atoms with Crippen LogP contribution in [0.3, 0.4) is 0 Å². The molecule has 1 saturated heterocycles. The quantitative estimate of drug-likeness (QED) is 0.794. The van der Waals surface area contributed by atoms with Crippen LogP contribution >= 0.6 is 0 Å². The molecule has 0 spiro atoms. The summed E-state index contributed by atoms with van der Waals surface area (Å²) in [7, 11) is 1.97. The van der Waals surface area contributed by atoms with Crippen LogP contribution < -0.4 is 5.32 Å². The van der Waals surface area contributed by atoms with Gasteiger partial charge in [0.2, 0.25) is 0 Å². The summed E-state index contributed by atoms with van der Waals surface area (Å²) >= 11 is 0. The van der Waals surface area contributed by atoms with Crippen molar-refractivity contribution in [1.82, 2.24) is 20.0 Å². The summed E-state index contributed by atoms with van der Waals surface area (Å²) in [5.41, 5.74) is 1.34. The van der Waals surface area contributed by atoms with Gasteiger partial charge in [-0.2, -0.15) is 5.10 Å². The van der Waals surface area contributed by atoms with Crippen LogP contribution in [0, 0.1) is 0 Å². The SMILES string of the molecule is CCN(CCc1cnn(C)c1)C1CCNC1. The van der Waals surface area contributed by atoms with Crippen LogP contribution in [0.5, 0.6) is 0 Å². The highest BCUT2D eigenvalue weighted by Gasteiger charge is 2.20. The molecule has 1 N–H and O–H groups in total. The first-order chi connectivity index (χ1) is 7.79. The molecule has 1 fully saturated rings. The molecule has 0 bridgehead atoms. The van der Waals surface area contributed by atoms with Gasteiger partial charge >= 0.3 is 0 Å². The fraction of sp³-hybridized carbons (Fsp3) is 0.750. The Labute approximate surface area is 97.6 Å². The Morgan fingerprint density at radius 3 is 3.06 bits per heavy atom. The van der Waals surface area contributed by atoms with E-state index in [1.54, 1.807) is 0 Å². The first kappa shape index (κ1) is 11.6. The Morgan fingerprint density at radius 1 is 1.62 bits per heavy atom. The number of likely N-dealkylation sites (N-methyl/N-ethyl adjacent to an activating group) is 1. The molecule has 0 aliphatic carbocycles. The van der Waals surface area contributed by atoms with Crippen molar-refractivity contribution in [2.45, 2.75) is 25.8 Å². The van der Waals surface area contributed by atoms with Gasteiger partial charge < -0.3 is 5.32 Å². The average Bonchev–Trinajstić information content (AvgIpc) is 2.91. The zero-order valence-electron chi connectivity index (χ0n) is 10.3. The first-order valence-electron chi connectivity index (χ1n) is 6.22. The molecular weight excluding hydrogens is 200 g/mol. The minimum Gasteiger partial charge on any atom is -0.315 e. The highest BCUT2D eigenvalue weighted by atomic mass is 15.2. The van der Waals surface area contributed by atoms with E-state index in [0.717, 1.165) is 32.1 Å². The first-order valence-corrected chi connectivity index (χ1v) is 6.22. The summed E-state index contributed by atoms with van der Waals surface area (Å²) in [6, 6.07) is 0.738. The van der Waals surface area contributed by atoms with E-state index < -0.39 is 0 Å². The van der Waals surface area contributed by atoms with E-state index >= 15 is 0 Å². The van der Waals surface area contributed by atoms with Crippen molar-refractivity contribution in [3.05, 3.63) is 18.0 Å². The third kappa shape index (κ3) is 2.83. The smallest absolute Gasteiger partial charge is 0.0522 e. The third-order valence-corrected chi connectivity index (χ3v) is 3.40. The van der Waals surface area contributed by atoms with Gasteiger partial charge in [0.05, 0.1) is 6.20 Å². The van der Waals surface area contributed by atoms with Crippen LogP contribution in [-0.2, 0) is 13.5 Å². The molecule has 2 heterocycles. The molecule has 0 amide bonds. The molecule has 16 heavy (non-hydrogen) atoms. The van der Waals surface area contributed by atoms with Crippen molar-refractivity contribution >= 4 is 0 Å². The fourth-order valence-corrected chi connectivity index (χ4v) is 2.42. The third-order valence-electron chi connectivity index (χ3n) is 3.40. The predicted octanol–water partition coefficient (Wildman–Crippen LogP) is 0.646. The van der Waals surface area contributed by atoms with Crippen LogP contribution in [-0.4, -0.2) is 46.9 Å². The standard InChI is InChI=1S/C12H22N4/c1-3-16(12-4-6-13-9-12)7-5-11-8-14-15(2)10-11/h8,10,12-13H,3-7,9H2,1-2H3. The second-order valence-electron chi connectivity index (χ2n) is 4.55. The Morgan fingerprint density at radius 2 is 2.50 bits per heavy atom. The zero-order valence-corrected chi connectivity index (χ0v) is 10.3. The number of rotatable bonds is 5. The number of nitrogens with zero attached hydrogens (tertiary/aromatic N) is 3. The number of hydrogen-bond acceptors (Lipinski definition) is 3. The van der Waals surface area contributed by atoms with Crippen molar-refractivity contribution in [1.29, 1.82) is 0 Å². The summed E-state index contributed by atoms with van der Waals surface area (Å²) in [4.78, 5) is 2.58. The summed E-state index contributed by atoms with van der Waals surface area (Å²) in [6.45, 7) is 6.87. The Kier molecular flexibility index (Phi) is 3.96. The molecule has 0 saturated carbocycles. The van der Waals surface area contributed by atoms with Crippen LogP contribution in [0.1, 0.15) is 18.9 Å². The normalized spacial score (nSPS) is 20.8. The number of hydrogen-bond donors (Lipinski definition) is 1. The van der Waals surface area contributed by atoms with Crippen molar-refractivity contribution in [3.63, 3.8) is 0 Å². The summed E-state index contributed by atoms with van der Waals surface area (Å²) < 4.78 is 1.88. The van der Waals surface area contributed by atoms with Gasteiger partial charge in [0.1, 0.15) is 0 Å². The van der Waals surface area contributed by atoms with Gasteiger partial charge in [0.15, 0.2) is 0 Å². The minimum atomic E-state index is 0.738. The molecule has 4 nitrogen and oxygen atoms in total. The van der Waals surface area contributed by atoms with Gasteiger partial charge in [0.25, 0.3) is 0 Å². The van der Waals surface area contributed by atoms with Crippen LogP contribution in [0.2, 0.25) is 0 Å². The maximum Gasteiger partial charge on any atom is 0.0522 e. The molecule has 1 aliphatic heterocycles. The monoisotopic (exact) mass is 222 g/mol. The van der Waals surface area contributed by atoms with E-state index in [2.05, 4.69) is 28.4 Å². The lowest BCUT2D eigenvalue weighted by Crippen LogP contribution is -2.38. The highest BCUT2D eigenvalue weighted by Crippen LogP contribution is 2.09. The lowest BCUT2D eigenvalue weighted by atomic mass is 10.2. The van der Waals surface area contributed by atoms with Crippen LogP contribution in [0.15, 0.2) is 12.4 Å². The van der Waals surface area contributed by atoms with Crippen LogP contribution in [0.4, 0.5) is 0 Å². The van der Waals surface area contributed by atoms with E-state index in [1.165, 1.54) is 18.5 Å². The lowest BCUT2D eigenvalue weighted by molar-refractivity contribution is 0.222. The van der Waals surface area contributed by atoms with Gasteiger partial charge in [-0.15, -0.1) is 0 Å². The van der Waals surface area contributed by atoms with Crippen LogP contribution in [0.25, 0.3) is 0 Å². The van der Waals surface area contributed by atoms with Gasteiger partial charge in [-0.05, 0) is 31.5 Å². The Bertz CT molecular complexity index is 315. The fourth-order valence-electron chi connectivity index (χ4n) is 2.42. The molecular formula is C12H22N4. The van der Waals surface area contributed by atoms with E-state index in [0.29, 0.717) is 0 Å². The predicted molar refractivity (Wildman–Crippen MR) is 65.4 cm³/mol. The maximum absolute atomic E-state index is 4.20. The molecule has 1 unspecified atom stereocenters. The Hall–Kier alpha value is -0.870. The largest absolute Gasteiger partial charge is 0.315 e. The molecule has 0 aromatic carbocycles. The molecule has 1 aromatic rings. The Balaban J connectivity index is 1.82. The second-order valence-corrected chi connectivity index (χ2v) is 4.55.